The molecule has 2 aromatic heterocycles. The van der Waals surface area contributed by atoms with E-state index in [4.69, 9.17) is 0 Å². The highest BCUT2D eigenvalue weighted by Gasteiger charge is 2.28. The highest BCUT2D eigenvalue weighted by molar-refractivity contribution is 7.15. The van der Waals surface area contributed by atoms with Crippen molar-refractivity contribution in [2.45, 2.75) is 18.9 Å². The third-order valence-electron chi connectivity index (χ3n) is 4.73. The number of amides is 3. The minimum absolute atomic E-state index is 0.0393. The van der Waals surface area contributed by atoms with Gasteiger partial charge in [-0.1, -0.05) is 30.3 Å². The van der Waals surface area contributed by atoms with E-state index in [9.17, 15) is 9.59 Å². The number of urea groups is 1. The summed E-state index contributed by atoms with van der Waals surface area (Å²) in [6.07, 6.45) is 6.51. The van der Waals surface area contributed by atoms with Crippen LogP contribution in [0.5, 0.6) is 0 Å². The van der Waals surface area contributed by atoms with Crippen molar-refractivity contribution >= 4 is 28.4 Å². The van der Waals surface area contributed by atoms with Crippen molar-refractivity contribution < 1.29 is 9.59 Å². The molecule has 0 bridgehead atoms. The number of thiazole rings is 1. The van der Waals surface area contributed by atoms with Gasteiger partial charge in [-0.15, -0.1) is 11.3 Å². The lowest BCUT2D eigenvalue weighted by molar-refractivity contribution is 0.0789. The molecule has 8 heteroatoms. The van der Waals surface area contributed by atoms with Gasteiger partial charge in [0.15, 0.2) is 5.13 Å². The molecule has 148 valence electrons. The Morgan fingerprint density at radius 2 is 1.93 bits per heavy atom. The first-order valence-electron chi connectivity index (χ1n) is 9.43. The summed E-state index contributed by atoms with van der Waals surface area (Å²) in [4.78, 5) is 35.9. The fourth-order valence-electron chi connectivity index (χ4n) is 3.30. The third-order valence-corrected chi connectivity index (χ3v) is 5.65. The van der Waals surface area contributed by atoms with Gasteiger partial charge in [-0.25, -0.2) is 9.78 Å². The molecule has 3 aromatic rings. The van der Waals surface area contributed by atoms with Gasteiger partial charge in [-0.2, -0.15) is 0 Å². The Morgan fingerprint density at radius 1 is 1.14 bits per heavy atom. The van der Waals surface area contributed by atoms with Crippen molar-refractivity contribution in [1.82, 2.24) is 20.2 Å². The van der Waals surface area contributed by atoms with Crippen LogP contribution in [0.2, 0.25) is 0 Å². The number of rotatable bonds is 5. The first-order chi connectivity index (χ1) is 14.2. The first kappa shape index (κ1) is 19.1. The SMILES string of the molecule is O=C(Nc1ncc(Cc2ccccc2)s1)NC1CCN(C(=O)c2ccncc2)C1. The number of nitrogens with one attached hydrogen (secondary N) is 2. The van der Waals surface area contributed by atoms with Gasteiger partial charge in [0.25, 0.3) is 5.91 Å². The van der Waals surface area contributed by atoms with E-state index in [1.807, 2.05) is 18.2 Å². The predicted octanol–water partition coefficient (Wildman–Crippen LogP) is 3.17. The molecular formula is C21H21N5O2S. The maximum atomic E-state index is 12.5. The second-order valence-electron chi connectivity index (χ2n) is 6.87. The van der Waals surface area contributed by atoms with Gasteiger partial charge in [0, 0.05) is 54.6 Å². The zero-order valence-electron chi connectivity index (χ0n) is 15.7. The summed E-state index contributed by atoms with van der Waals surface area (Å²) in [6.45, 7) is 1.11. The summed E-state index contributed by atoms with van der Waals surface area (Å²) < 4.78 is 0. The zero-order chi connectivity index (χ0) is 20.1. The number of aromatic nitrogens is 2. The number of likely N-dealkylation sites (tertiary alicyclic amines) is 1. The van der Waals surface area contributed by atoms with Crippen LogP contribution in [-0.4, -0.2) is 45.9 Å². The van der Waals surface area contributed by atoms with E-state index in [1.165, 1.54) is 16.9 Å². The molecule has 3 amide bonds. The maximum Gasteiger partial charge on any atom is 0.321 e. The molecule has 29 heavy (non-hydrogen) atoms. The van der Waals surface area contributed by atoms with Gasteiger partial charge in [0.05, 0.1) is 0 Å². The van der Waals surface area contributed by atoms with E-state index in [-0.39, 0.29) is 18.0 Å². The molecule has 0 spiro atoms. The Kier molecular flexibility index (Phi) is 5.81. The van der Waals surface area contributed by atoms with E-state index in [0.717, 1.165) is 17.7 Å². The summed E-state index contributed by atoms with van der Waals surface area (Å²) in [5.74, 6) is -0.0393. The van der Waals surface area contributed by atoms with Crippen molar-refractivity contribution in [3.8, 4) is 0 Å². The average Bonchev–Trinajstić information content (AvgIpc) is 3.38. The molecule has 7 nitrogen and oxygen atoms in total. The van der Waals surface area contributed by atoms with E-state index in [2.05, 4.69) is 32.7 Å². The first-order valence-corrected chi connectivity index (χ1v) is 10.2. The summed E-state index contributed by atoms with van der Waals surface area (Å²) in [6, 6.07) is 13.2. The van der Waals surface area contributed by atoms with Crippen molar-refractivity contribution in [3.05, 3.63) is 77.1 Å². The van der Waals surface area contributed by atoms with Gasteiger partial charge in [0.1, 0.15) is 0 Å². The number of pyridine rings is 1. The summed E-state index contributed by atoms with van der Waals surface area (Å²) in [7, 11) is 0. The molecular weight excluding hydrogens is 386 g/mol. The number of carbonyl (C=O) groups is 2. The monoisotopic (exact) mass is 407 g/mol. The number of anilines is 1. The van der Waals surface area contributed by atoms with Crippen LogP contribution in [0.3, 0.4) is 0 Å². The number of hydrogen-bond acceptors (Lipinski definition) is 5. The predicted molar refractivity (Wildman–Crippen MR) is 112 cm³/mol. The number of hydrogen-bond donors (Lipinski definition) is 2. The van der Waals surface area contributed by atoms with Gasteiger partial charge in [-0.05, 0) is 24.1 Å². The number of nitrogens with zero attached hydrogens (tertiary/aromatic N) is 3. The van der Waals surface area contributed by atoms with Crippen molar-refractivity contribution in [2.75, 3.05) is 18.4 Å². The molecule has 3 heterocycles. The Morgan fingerprint density at radius 3 is 2.72 bits per heavy atom. The molecule has 2 N–H and O–H groups in total. The van der Waals surface area contributed by atoms with Crippen LogP contribution in [-0.2, 0) is 6.42 Å². The Hall–Kier alpha value is -3.26. The average molecular weight is 407 g/mol. The van der Waals surface area contributed by atoms with Gasteiger partial charge < -0.3 is 10.2 Å². The standard InChI is InChI=1S/C21H21N5O2S/c27-19(16-6-9-22-10-7-16)26-11-8-17(14-26)24-20(28)25-21-23-13-18(29-21)12-15-4-2-1-3-5-15/h1-7,9-10,13,17H,8,11-12,14H2,(H2,23,24,25,28). The highest BCUT2D eigenvalue weighted by atomic mass is 32.1. The van der Waals surface area contributed by atoms with Crippen LogP contribution in [0.4, 0.5) is 9.93 Å². The topological polar surface area (TPSA) is 87.2 Å². The normalized spacial score (nSPS) is 15.9. The fourth-order valence-corrected chi connectivity index (χ4v) is 4.14. The van der Waals surface area contributed by atoms with Gasteiger partial charge in [-0.3, -0.25) is 15.1 Å². The van der Waals surface area contributed by atoms with Crippen molar-refractivity contribution in [3.63, 3.8) is 0 Å². The van der Waals surface area contributed by atoms with E-state index < -0.39 is 0 Å². The second kappa shape index (κ2) is 8.83. The molecule has 1 fully saturated rings. The van der Waals surface area contributed by atoms with Crippen LogP contribution in [0.25, 0.3) is 0 Å². The summed E-state index contributed by atoms with van der Waals surface area (Å²) in [5.41, 5.74) is 1.82. The number of benzene rings is 1. The Balaban J connectivity index is 1.27. The molecule has 1 aliphatic heterocycles. The smallest absolute Gasteiger partial charge is 0.321 e. The van der Waals surface area contributed by atoms with Crippen molar-refractivity contribution in [1.29, 1.82) is 0 Å². The maximum absolute atomic E-state index is 12.5. The molecule has 1 atom stereocenters. The zero-order valence-corrected chi connectivity index (χ0v) is 16.6. The quantitative estimate of drug-likeness (QED) is 0.680. The molecule has 0 saturated carbocycles. The molecule has 4 rings (SSSR count). The summed E-state index contributed by atoms with van der Waals surface area (Å²) in [5, 5.41) is 6.30. The lowest BCUT2D eigenvalue weighted by Crippen LogP contribution is -2.40. The molecule has 0 radical (unpaired) electrons. The van der Waals surface area contributed by atoms with Crippen LogP contribution in [0, 0.1) is 0 Å². The fraction of sp³-hybridized carbons (Fsp3) is 0.238. The van der Waals surface area contributed by atoms with Crippen LogP contribution in [0.15, 0.2) is 61.1 Å². The largest absolute Gasteiger partial charge is 0.337 e. The minimum Gasteiger partial charge on any atom is -0.337 e. The molecule has 1 aromatic carbocycles. The Labute approximate surface area is 172 Å². The molecule has 1 unspecified atom stereocenters. The van der Waals surface area contributed by atoms with E-state index >= 15 is 0 Å². The minimum atomic E-state index is -0.297. The van der Waals surface area contributed by atoms with E-state index in [1.54, 1.807) is 35.6 Å². The van der Waals surface area contributed by atoms with Crippen LogP contribution < -0.4 is 10.6 Å². The van der Waals surface area contributed by atoms with Crippen molar-refractivity contribution in [2.24, 2.45) is 0 Å². The van der Waals surface area contributed by atoms with Gasteiger partial charge in [0.2, 0.25) is 0 Å². The third kappa shape index (κ3) is 4.97. The highest BCUT2D eigenvalue weighted by Crippen LogP contribution is 2.21. The van der Waals surface area contributed by atoms with E-state index in [0.29, 0.717) is 23.8 Å². The molecule has 0 aliphatic carbocycles. The van der Waals surface area contributed by atoms with Crippen LogP contribution >= 0.6 is 11.3 Å². The lowest BCUT2D eigenvalue weighted by Gasteiger charge is -2.17. The second-order valence-corrected chi connectivity index (χ2v) is 7.98. The molecule has 1 aliphatic rings. The van der Waals surface area contributed by atoms with Gasteiger partial charge >= 0.3 is 6.03 Å². The summed E-state index contributed by atoms with van der Waals surface area (Å²) >= 11 is 1.46. The molecule has 1 saturated heterocycles. The lowest BCUT2D eigenvalue weighted by atomic mass is 10.1. The van der Waals surface area contributed by atoms with Crippen LogP contribution in [0.1, 0.15) is 27.2 Å². The Bertz CT molecular complexity index is 977. The number of carbonyl (C=O) groups excluding carboxylic acids is 2.